The van der Waals surface area contributed by atoms with E-state index in [9.17, 15) is 4.79 Å². The first-order valence-corrected chi connectivity index (χ1v) is 6.26. The Bertz CT molecular complexity index is 238. The molecule has 0 aromatic heterocycles. The van der Waals surface area contributed by atoms with Crippen molar-refractivity contribution in [2.24, 2.45) is 17.3 Å². The Labute approximate surface area is 98.9 Å². The summed E-state index contributed by atoms with van der Waals surface area (Å²) in [6.45, 7) is 7.89. The average molecular weight is 227 g/mol. The predicted octanol–water partition coefficient (Wildman–Crippen LogP) is 2.21. The van der Waals surface area contributed by atoms with Gasteiger partial charge in [0.25, 0.3) is 0 Å². The molecule has 1 saturated carbocycles. The molecule has 0 radical (unpaired) electrons. The van der Waals surface area contributed by atoms with Crippen molar-refractivity contribution in [1.29, 1.82) is 0 Å². The molecule has 16 heavy (non-hydrogen) atoms. The number of hydrogen-bond acceptors (Lipinski definition) is 3. The van der Waals surface area contributed by atoms with Gasteiger partial charge in [-0.3, -0.25) is 4.79 Å². The maximum atomic E-state index is 11.5. The van der Waals surface area contributed by atoms with Gasteiger partial charge in [-0.15, -0.1) is 0 Å². The van der Waals surface area contributed by atoms with Crippen molar-refractivity contribution in [3.05, 3.63) is 0 Å². The number of methoxy groups -OCH3 is 1. The van der Waals surface area contributed by atoms with Crippen molar-refractivity contribution in [2.75, 3.05) is 20.2 Å². The monoisotopic (exact) mass is 227 g/mol. The summed E-state index contributed by atoms with van der Waals surface area (Å²) in [5.41, 5.74) is -0.420. The lowest BCUT2D eigenvalue weighted by molar-refractivity contribution is -0.150. The molecule has 3 heteroatoms. The third-order valence-electron chi connectivity index (χ3n) is 3.75. The van der Waals surface area contributed by atoms with Crippen LogP contribution in [0.5, 0.6) is 0 Å². The molecule has 1 rings (SSSR count). The summed E-state index contributed by atoms with van der Waals surface area (Å²) < 4.78 is 4.78. The zero-order valence-electron chi connectivity index (χ0n) is 11.0. The molecular formula is C13H25NO2. The van der Waals surface area contributed by atoms with Gasteiger partial charge in [-0.25, -0.2) is 0 Å². The van der Waals surface area contributed by atoms with Crippen molar-refractivity contribution in [2.45, 2.75) is 40.0 Å². The van der Waals surface area contributed by atoms with Crippen LogP contribution in [-0.2, 0) is 9.53 Å². The Morgan fingerprint density at radius 1 is 1.44 bits per heavy atom. The standard InChI is InChI=1S/C13H25NO2/c1-10-6-5-7-11(10)8-14-9-13(2,3)12(15)16-4/h10-11,14H,5-9H2,1-4H3. The van der Waals surface area contributed by atoms with E-state index in [1.54, 1.807) is 0 Å². The number of carbonyl (C=O) groups excluding carboxylic acids is 1. The second-order valence-corrected chi connectivity index (χ2v) is 5.67. The zero-order chi connectivity index (χ0) is 12.2. The third kappa shape index (κ3) is 3.48. The van der Waals surface area contributed by atoms with Crippen molar-refractivity contribution in [3.8, 4) is 0 Å². The molecule has 0 aliphatic heterocycles. The second-order valence-electron chi connectivity index (χ2n) is 5.67. The zero-order valence-corrected chi connectivity index (χ0v) is 11.0. The summed E-state index contributed by atoms with van der Waals surface area (Å²) in [6.07, 6.45) is 4.04. The highest BCUT2D eigenvalue weighted by Crippen LogP contribution is 2.30. The van der Waals surface area contributed by atoms with Crippen molar-refractivity contribution < 1.29 is 9.53 Å². The minimum Gasteiger partial charge on any atom is -0.469 e. The molecule has 0 bridgehead atoms. The molecule has 0 heterocycles. The van der Waals surface area contributed by atoms with Crippen molar-refractivity contribution in [3.63, 3.8) is 0 Å². The smallest absolute Gasteiger partial charge is 0.312 e. The molecule has 1 aliphatic rings. The van der Waals surface area contributed by atoms with Gasteiger partial charge in [-0.05, 0) is 38.6 Å². The van der Waals surface area contributed by atoms with E-state index in [1.807, 2.05) is 13.8 Å². The van der Waals surface area contributed by atoms with E-state index in [0.29, 0.717) is 6.54 Å². The Hall–Kier alpha value is -0.570. The minimum absolute atomic E-state index is 0.139. The molecule has 0 amide bonds. The second kappa shape index (κ2) is 5.67. The van der Waals surface area contributed by atoms with Crippen molar-refractivity contribution >= 4 is 5.97 Å². The molecule has 3 nitrogen and oxygen atoms in total. The minimum atomic E-state index is -0.420. The molecule has 0 aromatic rings. The summed E-state index contributed by atoms with van der Waals surface area (Å²) >= 11 is 0. The van der Waals surface area contributed by atoms with Crippen LogP contribution in [0, 0.1) is 17.3 Å². The lowest BCUT2D eigenvalue weighted by Crippen LogP contribution is -2.39. The van der Waals surface area contributed by atoms with E-state index >= 15 is 0 Å². The van der Waals surface area contributed by atoms with Gasteiger partial charge < -0.3 is 10.1 Å². The number of nitrogens with one attached hydrogen (secondary N) is 1. The van der Waals surface area contributed by atoms with Crippen molar-refractivity contribution in [1.82, 2.24) is 5.32 Å². The van der Waals surface area contributed by atoms with Crippen LogP contribution < -0.4 is 5.32 Å². The van der Waals surface area contributed by atoms with Crippen LogP contribution in [0.3, 0.4) is 0 Å². The topological polar surface area (TPSA) is 38.3 Å². The van der Waals surface area contributed by atoms with E-state index in [4.69, 9.17) is 4.74 Å². The van der Waals surface area contributed by atoms with E-state index < -0.39 is 5.41 Å². The van der Waals surface area contributed by atoms with Crippen LogP contribution >= 0.6 is 0 Å². The highest BCUT2D eigenvalue weighted by atomic mass is 16.5. The van der Waals surface area contributed by atoms with Gasteiger partial charge in [0.05, 0.1) is 12.5 Å². The molecular weight excluding hydrogens is 202 g/mol. The van der Waals surface area contributed by atoms with Gasteiger partial charge in [0.1, 0.15) is 0 Å². The largest absolute Gasteiger partial charge is 0.469 e. The summed E-state index contributed by atoms with van der Waals surface area (Å²) in [5.74, 6) is 1.47. The first kappa shape index (κ1) is 13.5. The molecule has 94 valence electrons. The Balaban J connectivity index is 2.26. The SMILES string of the molecule is COC(=O)C(C)(C)CNCC1CCCC1C. The number of hydrogen-bond donors (Lipinski definition) is 1. The van der Waals surface area contributed by atoms with Gasteiger partial charge in [0.2, 0.25) is 0 Å². The molecule has 1 fully saturated rings. The first-order valence-electron chi connectivity index (χ1n) is 6.26. The number of ether oxygens (including phenoxy) is 1. The Morgan fingerprint density at radius 2 is 2.12 bits per heavy atom. The van der Waals surface area contributed by atoms with Crippen LogP contribution in [0.2, 0.25) is 0 Å². The van der Waals surface area contributed by atoms with Gasteiger partial charge in [0, 0.05) is 6.54 Å². The lowest BCUT2D eigenvalue weighted by atomic mass is 9.92. The average Bonchev–Trinajstić information content (AvgIpc) is 2.63. The van der Waals surface area contributed by atoms with E-state index in [0.717, 1.165) is 18.4 Å². The fourth-order valence-corrected chi connectivity index (χ4v) is 2.44. The molecule has 2 unspecified atom stereocenters. The fraction of sp³-hybridized carbons (Fsp3) is 0.923. The number of rotatable bonds is 5. The third-order valence-corrected chi connectivity index (χ3v) is 3.75. The maximum absolute atomic E-state index is 11.5. The quantitative estimate of drug-likeness (QED) is 0.732. The van der Waals surface area contributed by atoms with Crippen LogP contribution in [0.15, 0.2) is 0 Å². The lowest BCUT2D eigenvalue weighted by Gasteiger charge is -2.24. The van der Waals surface area contributed by atoms with Crippen LogP contribution in [0.1, 0.15) is 40.0 Å². The fourth-order valence-electron chi connectivity index (χ4n) is 2.44. The van der Waals surface area contributed by atoms with Gasteiger partial charge in [-0.2, -0.15) is 0 Å². The van der Waals surface area contributed by atoms with Gasteiger partial charge in [0.15, 0.2) is 0 Å². The predicted molar refractivity (Wildman–Crippen MR) is 65.2 cm³/mol. The Kier molecular flexibility index (Phi) is 4.78. The molecule has 1 aliphatic carbocycles. The van der Waals surface area contributed by atoms with E-state index in [2.05, 4.69) is 12.2 Å². The molecule has 0 aromatic carbocycles. The van der Waals surface area contributed by atoms with Crippen LogP contribution in [0.25, 0.3) is 0 Å². The van der Waals surface area contributed by atoms with Gasteiger partial charge >= 0.3 is 5.97 Å². The normalized spacial score (nSPS) is 25.8. The molecule has 0 saturated heterocycles. The van der Waals surface area contributed by atoms with Crippen LogP contribution in [0.4, 0.5) is 0 Å². The summed E-state index contributed by atoms with van der Waals surface area (Å²) in [6, 6.07) is 0. The first-order chi connectivity index (χ1) is 7.47. The van der Waals surface area contributed by atoms with E-state index in [1.165, 1.54) is 26.4 Å². The summed E-state index contributed by atoms with van der Waals surface area (Å²) in [5, 5.41) is 3.41. The number of carbonyl (C=O) groups is 1. The Morgan fingerprint density at radius 3 is 2.62 bits per heavy atom. The molecule has 0 spiro atoms. The molecule has 1 N–H and O–H groups in total. The number of esters is 1. The van der Waals surface area contributed by atoms with Crippen LogP contribution in [-0.4, -0.2) is 26.2 Å². The maximum Gasteiger partial charge on any atom is 0.312 e. The molecule has 2 atom stereocenters. The van der Waals surface area contributed by atoms with Gasteiger partial charge in [-0.1, -0.05) is 19.8 Å². The highest BCUT2D eigenvalue weighted by Gasteiger charge is 2.29. The highest BCUT2D eigenvalue weighted by molar-refractivity contribution is 5.76. The van der Waals surface area contributed by atoms with E-state index in [-0.39, 0.29) is 5.97 Å². The summed E-state index contributed by atoms with van der Waals surface area (Å²) in [4.78, 5) is 11.5. The summed E-state index contributed by atoms with van der Waals surface area (Å²) in [7, 11) is 1.45.